The first-order valence-corrected chi connectivity index (χ1v) is 12.9. The first-order chi connectivity index (χ1) is 14.8. The largest absolute Gasteiger partial charge is 0.481 e. The topological polar surface area (TPSA) is 74.7 Å². The van der Waals surface area contributed by atoms with Crippen LogP contribution in [-0.4, -0.2) is 41.3 Å². The zero-order valence-electron chi connectivity index (χ0n) is 17.9. The predicted octanol–water partition coefficient (Wildman–Crippen LogP) is 4.68. The molecule has 1 fully saturated rings. The third-order valence-corrected chi connectivity index (χ3v) is 9.04. The molecule has 166 valence electrons. The molecule has 1 N–H and O–H groups in total. The second kappa shape index (κ2) is 10.0. The summed E-state index contributed by atoms with van der Waals surface area (Å²) >= 11 is 1.53. The number of carboxylic acid groups (broad SMARTS) is 1. The zero-order valence-corrected chi connectivity index (χ0v) is 19.5. The van der Waals surface area contributed by atoms with Crippen LogP contribution in [0.1, 0.15) is 36.1 Å². The van der Waals surface area contributed by atoms with Crippen molar-refractivity contribution < 1.29 is 18.3 Å². The zero-order chi connectivity index (χ0) is 22.6. The van der Waals surface area contributed by atoms with Gasteiger partial charge in [-0.05, 0) is 43.0 Å². The number of hydrogen-bond acceptors (Lipinski definition) is 4. The van der Waals surface area contributed by atoms with E-state index in [0.717, 1.165) is 17.5 Å². The first kappa shape index (κ1) is 23.6. The molecule has 31 heavy (non-hydrogen) atoms. The van der Waals surface area contributed by atoms with Crippen molar-refractivity contribution >= 4 is 27.8 Å². The predicted molar refractivity (Wildman–Crippen MR) is 126 cm³/mol. The first-order valence-electron chi connectivity index (χ1n) is 10.4. The van der Waals surface area contributed by atoms with Crippen LogP contribution in [0.3, 0.4) is 0 Å². The Morgan fingerprint density at radius 1 is 1.19 bits per heavy atom. The van der Waals surface area contributed by atoms with Gasteiger partial charge < -0.3 is 5.11 Å². The fourth-order valence-corrected chi connectivity index (χ4v) is 6.73. The Morgan fingerprint density at radius 2 is 1.84 bits per heavy atom. The minimum absolute atomic E-state index is 0.0550. The Bertz CT molecular complexity index is 1020. The number of nitrogens with zero attached hydrogens (tertiary/aromatic N) is 1. The van der Waals surface area contributed by atoms with Crippen LogP contribution in [0, 0.1) is 12.8 Å². The number of aliphatic carboxylic acids is 1. The number of hydrogen-bond donors (Lipinski definition) is 1. The molecule has 1 heterocycles. The normalized spacial score (nSPS) is 22.2. The molecule has 0 amide bonds. The Labute approximate surface area is 189 Å². The molecule has 3 rings (SSSR count). The molecule has 0 aromatic heterocycles. The smallest absolute Gasteiger partial charge is 0.308 e. The SMILES string of the molecule is C=CCS[C@@H]1C[C@@H](c2ccc(CC)cc2)N(S(=O)(=O)c2ccc(C)cc2)C[C@H]1C(=O)O. The second-order valence-electron chi connectivity index (χ2n) is 7.84. The molecule has 7 heteroatoms. The summed E-state index contributed by atoms with van der Waals surface area (Å²) < 4.78 is 28.6. The number of thioether (sulfide) groups is 1. The molecule has 1 aliphatic rings. The van der Waals surface area contributed by atoms with E-state index in [0.29, 0.717) is 12.2 Å². The molecule has 0 saturated carbocycles. The van der Waals surface area contributed by atoms with E-state index in [1.165, 1.54) is 21.6 Å². The summed E-state index contributed by atoms with van der Waals surface area (Å²) in [5, 5.41) is 9.66. The van der Waals surface area contributed by atoms with Gasteiger partial charge in [-0.3, -0.25) is 4.79 Å². The van der Waals surface area contributed by atoms with Gasteiger partial charge in [-0.2, -0.15) is 16.1 Å². The average molecular weight is 460 g/mol. The minimum Gasteiger partial charge on any atom is -0.481 e. The Hall–Kier alpha value is -2.09. The lowest BCUT2D eigenvalue weighted by atomic mass is 9.90. The van der Waals surface area contributed by atoms with E-state index in [4.69, 9.17) is 0 Å². The van der Waals surface area contributed by atoms with Gasteiger partial charge in [0.05, 0.1) is 16.9 Å². The van der Waals surface area contributed by atoms with Gasteiger partial charge in [0.2, 0.25) is 10.0 Å². The van der Waals surface area contributed by atoms with E-state index in [1.807, 2.05) is 31.2 Å². The lowest BCUT2D eigenvalue weighted by Crippen LogP contribution is -2.49. The highest BCUT2D eigenvalue weighted by atomic mass is 32.2. The van der Waals surface area contributed by atoms with Crippen LogP contribution < -0.4 is 0 Å². The molecule has 0 bridgehead atoms. The van der Waals surface area contributed by atoms with Gasteiger partial charge in [-0.25, -0.2) is 8.42 Å². The number of sulfonamides is 1. The van der Waals surface area contributed by atoms with Gasteiger partial charge in [0, 0.05) is 17.5 Å². The van der Waals surface area contributed by atoms with Crippen molar-refractivity contribution in [2.75, 3.05) is 12.3 Å². The third kappa shape index (κ3) is 5.22. The van der Waals surface area contributed by atoms with Crippen molar-refractivity contribution in [3.8, 4) is 0 Å². The Balaban J connectivity index is 2.05. The van der Waals surface area contributed by atoms with Gasteiger partial charge in [0.15, 0.2) is 0 Å². The maximum Gasteiger partial charge on any atom is 0.308 e. The number of carbonyl (C=O) groups is 1. The standard InChI is InChI=1S/C24H29NO4S2/c1-4-14-30-23-15-22(19-10-8-18(5-2)9-11-19)25(16-21(23)24(26)27)31(28,29)20-12-6-17(3)7-13-20/h4,6-13,21-23H,1,5,14-16H2,2-3H3,(H,26,27)/t21-,22+,23-/m1/s1. The highest BCUT2D eigenvalue weighted by molar-refractivity contribution is 8.00. The van der Waals surface area contributed by atoms with Gasteiger partial charge in [0.1, 0.15) is 0 Å². The Kier molecular flexibility index (Phi) is 7.62. The van der Waals surface area contributed by atoms with Crippen molar-refractivity contribution in [2.45, 2.75) is 42.9 Å². The van der Waals surface area contributed by atoms with E-state index in [-0.39, 0.29) is 16.7 Å². The second-order valence-corrected chi connectivity index (χ2v) is 11.0. The molecule has 3 atom stereocenters. The molecular formula is C24H29NO4S2. The van der Waals surface area contributed by atoms with Crippen molar-refractivity contribution in [3.05, 3.63) is 77.9 Å². The Morgan fingerprint density at radius 3 is 2.39 bits per heavy atom. The molecule has 2 aromatic rings. The molecule has 5 nitrogen and oxygen atoms in total. The van der Waals surface area contributed by atoms with Gasteiger partial charge in [0.25, 0.3) is 0 Å². The number of aryl methyl sites for hydroxylation is 2. The molecule has 0 aliphatic carbocycles. The lowest BCUT2D eigenvalue weighted by Gasteiger charge is -2.41. The fourth-order valence-electron chi connectivity index (χ4n) is 3.94. The number of rotatable bonds is 8. The molecule has 1 saturated heterocycles. The summed E-state index contributed by atoms with van der Waals surface area (Å²) in [6, 6.07) is 14.3. The summed E-state index contributed by atoms with van der Waals surface area (Å²) in [4.78, 5) is 12.2. The number of benzene rings is 2. The van der Waals surface area contributed by atoms with E-state index < -0.39 is 28.0 Å². The molecule has 0 spiro atoms. The maximum atomic E-state index is 13.6. The fraction of sp³-hybridized carbons (Fsp3) is 0.375. The van der Waals surface area contributed by atoms with Crippen LogP contribution >= 0.6 is 11.8 Å². The van der Waals surface area contributed by atoms with Crippen LogP contribution in [-0.2, 0) is 21.2 Å². The van der Waals surface area contributed by atoms with Crippen LogP contribution in [0.4, 0.5) is 0 Å². The van der Waals surface area contributed by atoms with E-state index in [2.05, 4.69) is 13.5 Å². The molecule has 1 aliphatic heterocycles. The average Bonchev–Trinajstić information content (AvgIpc) is 2.77. The lowest BCUT2D eigenvalue weighted by molar-refractivity contribution is -0.143. The highest BCUT2D eigenvalue weighted by Crippen LogP contribution is 2.42. The van der Waals surface area contributed by atoms with Crippen molar-refractivity contribution in [1.29, 1.82) is 0 Å². The van der Waals surface area contributed by atoms with Crippen LogP contribution in [0.5, 0.6) is 0 Å². The van der Waals surface area contributed by atoms with E-state index in [9.17, 15) is 18.3 Å². The number of carboxylic acids is 1. The minimum atomic E-state index is -3.86. The van der Waals surface area contributed by atoms with Crippen LogP contribution in [0.2, 0.25) is 0 Å². The summed E-state index contributed by atoms with van der Waals surface area (Å²) in [6.07, 6.45) is 3.09. The quantitative estimate of drug-likeness (QED) is 0.580. The van der Waals surface area contributed by atoms with E-state index >= 15 is 0 Å². The highest BCUT2D eigenvalue weighted by Gasteiger charge is 2.45. The molecular weight excluding hydrogens is 430 g/mol. The van der Waals surface area contributed by atoms with Crippen molar-refractivity contribution in [3.63, 3.8) is 0 Å². The maximum absolute atomic E-state index is 13.6. The summed E-state index contributed by atoms with van der Waals surface area (Å²) in [5.41, 5.74) is 3.03. The summed E-state index contributed by atoms with van der Waals surface area (Å²) in [6.45, 7) is 7.66. The van der Waals surface area contributed by atoms with Crippen molar-refractivity contribution in [1.82, 2.24) is 4.31 Å². The van der Waals surface area contributed by atoms with Gasteiger partial charge >= 0.3 is 5.97 Å². The van der Waals surface area contributed by atoms with Crippen LogP contribution in [0.25, 0.3) is 0 Å². The summed E-state index contributed by atoms with van der Waals surface area (Å²) in [5.74, 6) is -1.12. The molecule has 2 aromatic carbocycles. The summed E-state index contributed by atoms with van der Waals surface area (Å²) in [7, 11) is -3.86. The monoisotopic (exact) mass is 459 g/mol. The van der Waals surface area contributed by atoms with Crippen molar-refractivity contribution in [2.24, 2.45) is 5.92 Å². The third-order valence-electron chi connectivity index (χ3n) is 5.77. The van der Waals surface area contributed by atoms with E-state index in [1.54, 1.807) is 30.3 Å². The van der Waals surface area contributed by atoms with Crippen LogP contribution in [0.15, 0.2) is 66.1 Å². The molecule has 0 unspecified atom stereocenters. The van der Waals surface area contributed by atoms with Gasteiger partial charge in [-0.15, -0.1) is 6.58 Å². The van der Waals surface area contributed by atoms with Gasteiger partial charge in [-0.1, -0.05) is 55.0 Å². The number of piperidine rings is 1. The molecule has 0 radical (unpaired) electrons.